The molecule has 0 aliphatic carbocycles. The van der Waals surface area contributed by atoms with Gasteiger partial charge in [-0.25, -0.2) is 4.68 Å². The van der Waals surface area contributed by atoms with Crippen LogP contribution in [-0.4, -0.2) is 27.4 Å². The van der Waals surface area contributed by atoms with Gasteiger partial charge in [0, 0.05) is 17.6 Å². The molecular formula is C15H17BrN4O. The number of halogens is 1. The Balaban J connectivity index is 2.06. The molecule has 6 heteroatoms. The van der Waals surface area contributed by atoms with Gasteiger partial charge in [-0.05, 0) is 43.9 Å². The number of rotatable bonds is 2. The normalized spacial score (nSPS) is 14.1. The van der Waals surface area contributed by atoms with Crippen molar-refractivity contribution in [2.24, 2.45) is 0 Å². The highest BCUT2D eigenvalue weighted by Crippen LogP contribution is 2.35. The lowest BCUT2D eigenvalue weighted by Crippen LogP contribution is -2.37. The Hall–Kier alpha value is -1.69. The Bertz CT molecular complexity index is 695. The molecule has 0 saturated carbocycles. The van der Waals surface area contributed by atoms with Crippen LogP contribution < -0.4 is 4.90 Å². The number of carbonyl (C=O) groups is 1. The van der Waals surface area contributed by atoms with E-state index in [1.807, 2.05) is 18.7 Å². The molecule has 1 aromatic heterocycles. The first-order valence-corrected chi connectivity index (χ1v) is 7.91. The average Bonchev–Trinajstić information content (AvgIpc) is 2.98. The van der Waals surface area contributed by atoms with Gasteiger partial charge >= 0.3 is 0 Å². The maximum atomic E-state index is 12.9. The molecule has 0 unspecified atom stereocenters. The van der Waals surface area contributed by atoms with E-state index in [1.54, 1.807) is 10.9 Å². The van der Waals surface area contributed by atoms with Crippen molar-refractivity contribution in [3.8, 4) is 0 Å². The van der Waals surface area contributed by atoms with Crippen molar-refractivity contribution in [1.82, 2.24) is 15.0 Å². The van der Waals surface area contributed by atoms with Gasteiger partial charge in [0.2, 0.25) is 0 Å². The van der Waals surface area contributed by atoms with Gasteiger partial charge in [-0.1, -0.05) is 27.2 Å². The lowest BCUT2D eigenvalue weighted by molar-refractivity contribution is 0.0974. The van der Waals surface area contributed by atoms with Gasteiger partial charge in [0.25, 0.3) is 5.91 Å². The minimum Gasteiger partial charge on any atom is -0.306 e. The number of benzene rings is 1. The number of amides is 1. The van der Waals surface area contributed by atoms with Crippen LogP contribution in [0.1, 0.15) is 35.0 Å². The third kappa shape index (κ3) is 2.37. The molecule has 0 saturated heterocycles. The average molecular weight is 349 g/mol. The highest BCUT2D eigenvalue weighted by molar-refractivity contribution is 9.10. The summed E-state index contributed by atoms with van der Waals surface area (Å²) in [6, 6.07) is 4.15. The van der Waals surface area contributed by atoms with Crippen molar-refractivity contribution in [3.05, 3.63) is 39.6 Å². The number of fused-ring (bicyclic) bond motifs is 1. The number of hydrogen-bond acceptors (Lipinski definition) is 3. The van der Waals surface area contributed by atoms with E-state index < -0.39 is 0 Å². The first kappa shape index (κ1) is 14.3. The van der Waals surface area contributed by atoms with Crippen molar-refractivity contribution in [2.45, 2.75) is 33.2 Å². The summed E-state index contributed by atoms with van der Waals surface area (Å²) in [4.78, 5) is 14.7. The fourth-order valence-corrected chi connectivity index (χ4v) is 3.17. The van der Waals surface area contributed by atoms with Crippen LogP contribution in [0.3, 0.4) is 0 Å². The second-order valence-corrected chi connectivity index (χ2v) is 6.03. The molecule has 21 heavy (non-hydrogen) atoms. The fraction of sp³-hybridized carbons (Fsp3) is 0.400. The molecule has 5 nitrogen and oxygen atoms in total. The Morgan fingerprint density at radius 2 is 2.24 bits per heavy atom. The summed E-state index contributed by atoms with van der Waals surface area (Å²) in [6.45, 7) is 5.37. The second-order valence-electron chi connectivity index (χ2n) is 5.18. The van der Waals surface area contributed by atoms with Crippen LogP contribution in [0, 0.1) is 6.92 Å². The molecule has 2 aromatic rings. The van der Waals surface area contributed by atoms with Gasteiger partial charge in [-0.15, -0.1) is 5.10 Å². The Morgan fingerprint density at radius 3 is 3.00 bits per heavy atom. The van der Waals surface area contributed by atoms with Crippen LogP contribution >= 0.6 is 15.9 Å². The number of nitrogens with zero attached hydrogens (tertiary/aromatic N) is 4. The summed E-state index contributed by atoms with van der Waals surface area (Å²) in [6.07, 6.45) is 3.54. The van der Waals surface area contributed by atoms with Gasteiger partial charge in [0.05, 0.1) is 11.9 Å². The maximum absolute atomic E-state index is 12.9. The van der Waals surface area contributed by atoms with Crippen molar-refractivity contribution in [1.29, 1.82) is 0 Å². The zero-order valence-electron chi connectivity index (χ0n) is 12.1. The molecule has 1 aromatic carbocycles. The van der Waals surface area contributed by atoms with E-state index in [4.69, 9.17) is 0 Å². The first-order valence-electron chi connectivity index (χ1n) is 7.11. The van der Waals surface area contributed by atoms with E-state index in [1.165, 1.54) is 5.56 Å². The molecule has 3 rings (SSSR count). The van der Waals surface area contributed by atoms with E-state index in [2.05, 4.69) is 38.4 Å². The zero-order valence-corrected chi connectivity index (χ0v) is 13.7. The van der Waals surface area contributed by atoms with Crippen molar-refractivity contribution in [3.63, 3.8) is 0 Å². The molecule has 0 bridgehead atoms. The topological polar surface area (TPSA) is 51.0 Å². The zero-order chi connectivity index (χ0) is 15.0. The third-order valence-corrected chi connectivity index (χ3v) is 4.79. The van der Waals surface area contributed by atoms with Crippen LogP contribution in [0.15, 0.2) is 22.8 Å². The van der Waals surface area contributed by atoms with E-state index in [9.17, 15) is 4.79 Å². The lowest BCUT2D eigenvalue weighted by Gasteiger charge is -2.31. The summed E-state index contributed by atoms with van der Waals surface area (Å²) < 4.78 is 2.67. The first-order chi connectivity index (χ1) is 10.1. The van der Waals surface area contributed by atoms with E-state index in [0.717, 1.165) is 35.1 Å². The Kier molecular flexibility index (Phi) is 3.80. The predicted octanol–water partition coefficient (Wildman–Crippen LogP) is 2.96. The number of anilines is 1. The molecule has 2 heterocycles. The van der Waals surface area contributed by atoms with Gasteiger partial charge in [-0.3, -0.25) is 4.79 Å². The summed E-state index contributed by atoms with van der Waals surface area (Å²) in [5.41, 5.74) is 3.91. The summed E-state index contributed by atoms with van der Waals surface area (Å²) >= 11 is 3.56. The van der Waals surface area contributed by atoms with Crippen LogP contribution in [0.4, 0.5) is 5.69 Å². The molecule has 1 aliphatic rings. The highest BCUT2D eigenvalue weighted by Gasteiger charge is 2.28. The molecular weight excluding hydrogens is 332 g/mol. The molecule has 0 fully saturated rings. The van der Waals surface area contributed by atoms with Gasteiger partial charge in [0.1, 0.15) is 5.69 Å². The number of aromatic nitrogens is 3. The summed E-state index contributed by atoms with van der Waals surface area (Å²) in [5, 5.41) is 7.82. The highest BCUT2D eigenvalue weighted by atomic mass is 79.9. The van der Waals surface area contributed by atoms with E-state index in [0.29, 0.717) is 12.2 Å². The van der Waals surface area contributed by atoms with Crippen LogP contribution in [0.5, 0.6) is 0 Å². The van der Waals surface area contributed by atoms with Gasteiger partial charge in [0.15, 0.2) is 0 Å². The van der Waals surface area contributed by atoms with Crippen LogP contribution in [0.25, 0.3) is 0 Å². The number of aryl methyl sites for hydroxylation is 2. The molecule has 0 N–H and O–H groups in total. The van der Waals surface area contributed by atoms with E-state index in [-0.39, 0.29) is 5.91 Å². The molecule has 0 spiro atoms. The minimum absolute atomic E-state index is 0.0241. The van der Waals surface area contributed by atoms with Gasteiger partial charge in [-0.2, -0.15) is 0 Å². The largest absolute Gasteiger partial charge is 0.306 e. The monoisotopic (exact) mass is 348 g/mol. The van der Waals surface area contributed by atoms with Crippen molar-refractivity contribution >= 4 is 27.5 Å². The smallest absolute Gasteiger partial charge is 0.278 e. The third-order valence-electron chi connectivity index (χ3n) is 3.93. The Morgan fingerprint density at radius 1 is 1.43 bits per heavy atom. The minimum atomic E-state index is -0.0241. The quantitative estimate of drug-likeness (QED) is 0.838. The number of hydrogen-bond donors (Lipinski definition) is 0. The van der Waals surface area contributed by atoms with Crippen LogP contribution in [0.2, 0.25) is 0 Å². The van der Waals surface area contributed by atoms with Crippen molar-refractivity contribution < 1.29 is 4.79 Å². The summed E-state index contributed by atoms with van der Waals surface area (Å²) in [7, 11) is 0. The van der Waals surface area contributed by atoms with Gasteiger partial charge < -0.3 is 4.90 Å². The fourth-order valence-electron chi connectivity index (χ4n) is 2.85. The molecule has 110 valence electrons. The number of carbonyl (C=O) groups excluding carboxylic acids is 1. The Labute approximate surface area is 132 Å². The van der Waals surface area contributed by atoms with E-state index >= 15 is 0 Å². The predicted molar refractivity (Wildman–Crippen MR) is 84.6 cm³/mol. The van der Waals surface area contributed by atoms with Crippen LogP contribution in [-0.2, 0) is 13.0 Å². The molecule has 1 amide bonds. The maximum Gasteiger partial charge on any atom is 0.278 e. The lowest BCUT2D eigenvalue weighted by atomic mass is 9.98. The second kappa shape index (κ2) is 5.60. The SMILES string of the molecule is CCn1nncc1C(=O)N1CCCc2ccc(Br)c(C)c21. The molecule has 0 atom stereocenters. The standard InChI is InChI=1S/C15H17BrN4O/c1-3-20-13(9-17-18-20)15(21)19-8-4-5-11-6-7-12(16)10(2)14(11)19/h6-7,9H,3-5,8H2,1-2H3. The molecule has 0 radical (unpaired) electrons. The molecule has 1 aliphatic heterocycles. The summed E-state index contributed by atoms with van der Waals surface area (Å²) in [5.74, 6) is -0.0241. The van der Waals surface area contributed by atoms with Crippen molar-refractivity contribution in [2.75, 3.05) is 11.4 Å².